The van der Waals surface area contributed by atoms with E-state index in [0.29, 0.717) is 0 Å². The summed E-state index contributed by atoms with van der Waals surface area (Å²) in [5.41, 5.74) is 5.11. The lowest BCUT2D eigenvalue weighted by Gasteiger charge is -2.35. The van der Waals surface area contributed by atoms with Gasteiger partial charge in [0.2, 0.25) is 5.91 Å². The van der Waals surface area contributed by atoms with Crippen LogP contribution in [0.15, 0.2) is 90.4 Å². The second-order valence-corrected chi connectivity index (χ2v) is 10.8. The Morgan fingerprint density at radius 3 is 1.93 bits per heavy atom. The van der Waals surface area contributed by atoms with Crippen molar-refractivity contribution in [3.63, 3.8) is 0 Å². The number of ketones is 1. The van der Waals surface area contributed by atoms with Crippen LogP contribution in [0, 0.1) is 0 Å². The molecule has 45 heavy (non-hydrogen) atoms. The number of allylic oxidation sites excluding steroid dienone is 3. The Labute approximate surface area is 275 Å². The van der Waals surface area contributed by atoms with Crippen molar-refractivity contribution < 1.29 is 9.59 Å². The van der Waals surface area contributed by atoms with Crippen LogP contribution in [0.3, 0.4) is 0 Å². The molecule has 0 saturated carbocycles. The van der Waals surface area contributed by atoms with E-state index < -0.39 is 0 Å². The Bertz CT molecular complexity index is 1140. The molecule has 1 aromatic carbocycles. The number of amides is 1. The third-order valence-corrected chi connectivity index (χ3v) is 7.16. The highest BCUT2D eigenvalue weighted by Crippen LogP contribution is 2.26. The lowest BCUT2D eigenvalue weighted by atomic mass is 10.1. The zero-order valence-electron chi connectivity index (χ0n) is 29.6. The molecule has 0 bridgehead atoms. The van der Waals surface area contributed by atoms with Gasteiger partial charge in [0.15, 0.2) is 5.78 Å². The molecule has 0 spiro atoms. The maximum Gasteiger partial charge on any atom is 0.219 e. The fraction of sp³-hybridized carbons (Fsp3) is 0.500. The van der Waals surface area contributed by atoms with Gasteiger partial charge < -0.3 is 20.0 Å². The SMILES string of the molecule is C=C1C=C/C(=C/N=C(C)Nc2ccc(N3CCN(C(C)=O)CC3)cc2)C(=C)N1CCCCCC.C=CC(C)=O.CC.CCCC. The van der Waals surface area contributed by atoms with Crippen molar-refractivity contribution in [2.24, 2.45) is 4.99 Å². The number of hydrogen-bond donors (Lipinski definition) is 1. The molecule has 1 N–H and O–H groups in total. The van der Waals surface area contributed by atoms with E-state index in [-0.39, 0.29) is 11.7 Å². The third kappa shape index (κ3) is 16.7. The Morgan fingerprint density at radius 2 is 1.44 bits per heavy atom. The van der Waals surface area contributed by atoms with E-state index in [1.165, 1.54) is 50.8 Å². The van der Waals surface area contributed by atoms with Gasteiger partial charge in [-0.25, -0.2) is 4.99 Å². The molecule has 250 valence electrons. The van der Waals surface area contributed by atoms with Crippen LogP contribution >= 0.6 is 0 Å². The second-order valence-electron chi connectivity index (χ2n) is 10.8. The molecule has 7 nitrogen and oxygen atoms in total. The number of unbranched alkanes of at least 4 members (excludes halogenated alkanes) is 4. The van der Waals surface area contributed by atoms with E-state index in [9.17, 15) is 9.59 Å². The zero-order chi connectivity index (χ0) is 34.2. The number of rotatable bonds is 10. The van der Waals surface area contributed by atoms with Gasteiger partial charge in [-0.1, -0.05) is 86.5 Å². The molecule has 1 amide bonds. The van der Waals surface area contributed by atoms with Gasteiger partial charge in [0, 0.05) is 74.2 Å². The lowest BCUT2D eigenvalue weighted by molar-refractivity contribution is -0.129. The van der Waals surface area contributed by atoms with Crippen LogP contribution < -0.4 is 10.2 Å². The van der Waals surface area contributed by atoms with Gasteiger partial charge in [0.05, 0.1) is 0 Å². The molecule has 0 radical (unpaired) electrons. The number of nitrogens with zero attached hydrogens (tertiary/aromatic N) is 4. The highest BCUT2D eigenvalue weighted by molar-refractivity contribution is 5.94. The van der Waals surface area contributed by atoms with Gasteiger partial charge >= 0.3 is 0 Å². The van der Waals surface area contributed by atoms with Crippen molar-refractivity contribution in [1.29, 1.82) is 0 Å². The van der Waals surface area contributed by atoms with E-state index in [4.69, 9.17) is 0 Å². The van der Waals surface area contributed by atoms with Crippen LogP contribution in [-0.2, 0) is 9.59 Å². The topological polar surface area (TPSA) is 68.2 Å². The lowest BCUT2D eigenvalue weighted by Crippen LogP contribution is -2.48. The summed E-state index contributed by atoms with van der Waals surface area (Å²) in [6, 6.07) is 8.37. The second kappa shape index (κ2) is 24.5. The van der Waals surface area contributed by atoms with Gasteiger partial charge in [-0.3, -0.25) is 9.59 Å². The molecule has 2 heterocycles. The van der Waals surface area contributed by atoms with E-state index in [0.717, 1.165) is 67.6 Å². The minimum Gasteiger partial charge on any atom is -0.368 e. The molecule has 7 heteroatoms. The average Bonchev–Trinajstić information content (AvgIpc) is 3.05. The van der Waals surface area contributed by atoms with Gasteiger partial charge in [-0.2, -0.15) is 0 Å². The molecule has 1 saturated heterocycles. The van der Waals surface area contributed by atoms with Crippen LogP contribution in [0.1, 0.15) is 93.9 Å². The maximum atomic E-state index is 11.5. The van der Waals surface area contributed by atoms with E-state index in [1.807, 2.05) is 44.0 Å². The number of carbonyl (C=O) groups is 2. The van der Waals surface area contributed by atoms with Crippen molar-refractivity contribution in [1.82, 2.24) is 9.80 Å². The summed E-state index contributed by atoms with van der Waals surface area (Å²) >= 11 is 0. The molecule has 0 atom stereocenters. The van der Waals surface area contributed by atoms with Gasteiger partial charge in [-0.05, 0) is 62.8 Å². The van der Waals surface area contributed by atoms with Crippen molar-refractivity contribution >= 4 is 28.9 Å². The molecule has 1 aromatic rings. The van der Waals surface area contributed by atoms with Crippen LogP contribution in [0.5, 0.6) is 0 Å². The van der Waals surface area contributed by atoms with Crippen LogP contribution in [-0.4, -0.2) is 60.0 Å². The molecule has 3 rings (SSSR count). The number of amidine groups is 1. The highest BCUT2D eigenvalue weighted by Gasteiger charge is 2.19. The first-order valence-corrected chi connectivity index (χ1v) is 16.7. The molecular formula is C38H61N5O2. The summed E-state index contributed by atoms with van der Waals surface area (Å²) in [4.78, 5) is 32.3. The summed E-state index contributed by atoms with van der Waals surface area (Å²) in [7, 11) is 0. The largest absolute Gasteiger partial charge is 0.368 e. The van der Waals surface area contributed by atoms with Crippen molar-refractivity contribution in [3.05, 3.63) is 85.4 Å². The first-order chi connectivity index (χ1) is 21.6. The predicted molar refractivity (Wildman–Crippen MR) is 197 cm³/mol. The van der Waals surface area contributed by atoms with Crippen molar-refractivity contribution in [2.75, 3.05) is 42.9 Å². The summed E-state index contributed by atoms with van der Waals surface area (Å²) in [6.45, 7) is 31.5. The Morgan fingerprint density at radius 1 is 0.867 bits per heavy atom. The fourth-order valence-electron chi connectivity index (χ4n) is 4.24. The molecule has 2 aliphatic rings. The van der Waals surface area contributed by atoms with Crippen molar-refractivity contribution in [3.8, 4) is 0 Å². The quantitative estimate of drug-likeness (QED) is 0.122. The number of carbonyl (C=O) groups excluding carboxylic acids is 2. The van der Waals surface area contributed by atoms with Crippen LogP contribution in [0.2, 0.25) is 0 Å². The standard InChI is InChI=1S/C28H39N5O.C4H6O.C4H10.C2H6/c1-6-7-8-9-16-33-22(2)10-11-26(23(33)3)21-29-24(4)30-27-12-14-28(15-13-27)32-19-17-31(18-20-32)25(5)34;1-3-4(2)5;1-3-4-2;1-2/h10-15,21H,2-3,6-9,16-20H2,1,4-5H3,(H,29,30);3H,1H2,2H3;3-4H2,1-2H3;1-2H3/b26-21-;;;. The number of piperazine rings is 1. The fourth-order valence-corrected chi connectivity index (χ4v) is 4.24. The zero-order valence-corrected chi connectivity index (χ0v) is 29.6. The van der Waals surface area contributed by atoms with Gasteiger partial charge in [-0.15, -0.1) is 0 Å². The van der Waals surface area contributed by atoms with Crippen LogP contribution in [0.25, 0.3) is 0 Å². The van der Waals surface area contributed by atoms with Gasteiger partial charge in [0.1, 0.15) is 5.84 Å². The normalized spacial score (nSPS) is 15.2. The molecule has 2 aliphatic heterocycles. The minimum absolute atomic E-state index is 0.0185. The Hall–Kier alpha value is -3.87. The monoisotopic (exact) mass is 619 g/mol. The summed E-state index contributed by atoms with van der Waals surface area (Å²) in [5, 5.41) is 3.37. The maximum absolute atomic E-state index is 11.5. The number of nitrogens with one attached hydrogen (secondary N) is 1. The summed E-state index contributed by atoms with van der Waals surface area (Å²) in [5.74, 6) is 0.987. The van der Waals surface area contributed by atoms with E-state index in [2.05, 4.69) is 84.9 Å². The molecular weight excluding hydrogens is 558 g/mol. The first-order valence-electron chi connectivity index (χ1n) is 16.7. The first kappa shape index (κ1) is 41.1. The molecule has 0 unspecified atom stereocenters. The molecule has 0 aromatic heterocycles. The smallest absolute Gasteiger partial charge is 0.219 e. The number of hydrogen-bond acceptors (Lipinski definition) is 5. The highest BCUT2D eigenvalue weighted by atomic mass is 16.2. The predicted octanol–water partition coefficient (Wildman–Crippen LogP) is 9.14. The van der Waals surface area contributed by atoms with E-state index in [1.54, 1.807) is 6.92 Å². The summed E-state index contributed by atoms with van der Waals surface area (Å²) < 4.78 is 0. The minimum atomic E-state index is 0.0185. The van der Waals surface area contributed by atoms with Crippen LogP contribution in [0.4, 0.5) is 11.4 Å². The average molecular weight is 620 g/mol. The Balaban J connectivity index is 0.00000153. The third-order valence-electron chi connectivity index (χ3n) is 7.16. The Kier molecular flexibility index (Phi) is 22.3. The van der Waals surface area contributed by atoms with Crippen molar-refractivity contribution in [2.45, 2.75) is 93.9 Å². The van der Waals surface area contributed by atoms with Gasteiger partial charge in [0.25, 0.3) is 0 Å². The van der Waals surface area contributed by atoms with E-state index >= 15 is 0 Å². The number of aliphatic imine (C=N–C) groups is 1. The molecule has 0 aliphatic carbocycles. The number of anilines is 2. The molecule has 1 fully saturated rings. The summed E-state index contributed by atoms with van der Waals surface area (Å²) in [6.07, 6.45) is 14.7. The number of benzene rings is 1.